The summed E-state index contributed by atoms with van der Waals surface area (Å²) in [6, 6.07) is 7.61. The third-order valence-electron chi connectivity index (χ3n) is 4.17. The highest BCUT2D eigenvalue weighted by atomic mass is 16.3. The first kappa shape index (κ1) is 12.4. The minimum atomic E-state index is -0.0307. The number of amides is 2. The number of hydrogen-bond acceptors (Lipinski definition) is 3. The monoisotopic (exact) mass is 284 g/mol. The molecule has 5 heteroatoms. The average molecular weight is 284 g/mol. The van der Waals surface area contributed by atoms with Crippen molar-refractivity contribution in [3.05, 3.63) is 36.1 Å². The number of furan rings is 1. The van der Waals surface area contributed by atoms with Crippen molar-refractivity contribution in [2.45, 2.75) is 18.9 Å². The van der Waals surface area contributed by atoms with Crippen LogP contribution in [0.25, 0.3) is 11.0 Å². The lowest BCUT2D eigenvalue weighted by Gasteiger charge is -2.39. The molecule has 4 rings (SSSR count). The van der Waals surface area contributed by atoms with E-state index in [4.69, 9.17) is 4.42 Å². The van der Waals surface area contributed by atoms with Gasteiger partial charge in [0, 0.05) is 24.4 Å². The van der Waals surface area contributed by atoms with Gasteiger partial charge in [-0.3, -0.25) is 9.59 Å². The Bertz CT molecular complexity index is 711. The van der Waals surface area contributed by atoms with Gasteiger partial charge < -0.3 is 14.6 Å². The van der Waals surface area contributed by atoms with E-state index in [0.717, 1.165) is 23.8 Å². The molecule has 0 unspecified atom stereocenters. The van der Waals surface area contributed by atoms with Crippen LogP contribution < -0.4 is 5.32 Å². The molecule has 1 aromatic heterocycles. The number of para-hydroxylation sites is 1. The van der Waals surface area contributed by atoms with E-state index in [0.29, 0.717) is 18.7 Å². The summed E-state index contributed by atoms with van der Waals surface area (Å²) >= 11 is 0. The first-order valence-corrected chi connectivity index (χ1v) is 7.28. The summed E-state index contributed by atoms with van der Waals surface area (Å²) in [7, 11) is 0. The summed E-state index contributed by atoms with van der Waals surface area (Å²) in [5, 5.41) is 3.83. The van der Waals surface area contributed by atoms with Crippen molar-refractivity contribution in [3.63, 3.8) is 0 Å². The summed E-state index contributed by atoms with van der Waals surface area (Å²) in [6.45, 7) is 1.16. The predicted molar refractivity (Wildman–Crippen MR) is 76.8 cm³/mol. The van der Waals surface area contributed by atoms with Gasteiger partial charge >= 0.3 is 0 Å². The van der Waals surface area contributed by atoms with Gasteiger partial charge in [-0.25, -0.2) is 0 Å². The van der Waals surface area contributed by atoms with Crippen molar-refractivity contribution in [1.29, 1.82) is 0 Å². The van der Waals surface area contributed by atoms with Crippen LogP contribution in [0.4, 0.5) is 0 Å². The zero-order valence-electron chi connectivity index (χ0n) is 11.5. The van der Waals surface area contributed by atoms with E-state index in [1.807, 2.05) is 24.3 Å². The van der Waals surface area contributed by atoms with Crippen LogP contribution in [0.2, 0.25) is 0 Å². The second kappa shape index (κ2) is 4.62. The summed E-state index contributed by atoms with van der Waals surface area (Å²) in [6.07, 6.45) is 3.52. The molecule has 0 radical (unpaired) electrons. The van der Waals surface area contributed by atoms with Gasteiger partial charge in [0.25, 0.3) is 5.91 Å². The Morgan fingerprint density at radius 3 is 2.71 bits per heavy atom. The highest BCUT2D eigenvalue weighted by Crippen LogP contribution is 2.29. The zero-order valence-corrected chi connectivity index (χ0v) is 11.5. The van der Waals surface area contributed by atoms with Crippen molar-refractivity contribution in [2.24, 2.45) is 5.92 Å². The lowest BCUT2D eigenvalue weighted by Crippen LogP contribution is -2.61. The largest absolute Gasteiger partial charge is 0.463 e. The number of benzene rings is 1. The Hall–Kier alpha value is -2.30. The van der Waals surface area contributed by atoms with Gasteiger partial charge in [-0.05, 0) is 18.9 Å². The fraction of sp³-hybridized carbons (Fsp3) is 0.375. The molecular weight excluding hydrogens is 268 g/mol. The van der Waals surface area contributed by atoms with Crippen LogP contribution in [-0.2, 0) is 4.79 Å². The van der Waals surface area contributed by atoms with Crippen molar-refractivity contribution in [3.8, 4) is 0 Å². The molecule has 0 bridgehead atoms. The minimum absolute atomic E-state index is 0.0307. The Labute approximate surface area is 121 Å². The zero-order chi connectivity index (χ0) is 14.4. The second-order valence-electron chi connectivity index (χ2n) is 5.84. The summed E-state index contributed by atoms with van der Waals surface area (Å²) in [5.74, 6) is 0.324. The maximum atomic E-state index is 12.4. The third kappa shape index (κ3) is 2.18. The second-order valence-corrected chi connectivity index (χ2v) is 5.84. The third-order valence-corrected chi connectivity index (χ3v) is 4.17. The molecule has 1 saturated carbocycles. The summed E-state index contributed by atoms with van der Waals surface area (Å²) in [5.41, 5.74) is 1.32. The normalized spacial score (nSPS) is 18.6. The Balaban J connectivity index is 1.41. The van der Waals surface area contributed by atoms with Gasteiger partial charge in [0.1, 0.15) is 11.8 Å². The molecule has 1 aliphatic heterocycles. The number of nitrogens with one attached hydrogen (secondary N) is 1. The quantitative estimate of drug-likeness (QED) is 0.934. The van der Waals surface area contributed by atoms with Crippen LogP contribution in [0.1, 0.15) is 23.2 Å². The van der Waals surface area contributed by atoms with Gasteiger partial charge in [-0.2, -0.15) is 0 Å². The summed E-state index contributed by atoms with van der Waals surface area (Å²) < 4.78 is 5.40. The molecule has 21 heavy (non-hydrogen) atoms. The predicted octanol–water partition coefficient (Wildman–Crippen LogP) is 1.78. The summed E-state index contributed by atoms with van der Waals surface area (Å²) in [4.78, 5) is 25.8. The van der Waals surface area contributed by atoms with Crippen LogP contribution in [0.5, 0.6) is 0 Å². The number of nitrogens with zero attached hydrogens (tertiary/aromatic N) is 1. The van der Waals surface area contributed by atoms with Gasteiger partial charge in [0.15, 0.2) is 0 Å². The molecule has 5 nitrogen and oxygen atoms in total. The van der Waals surface area contributed by atoms with Crippen LogP contribution in [0.15, 0.2) is 34.9 Å². The molecule has 2 heterocycles. The number of fused-ring (bicyclic) bond motifs is 1. The SMILES string of the molecule is O=C(NC1CN(C(=O)c2coc3ccccc23)C1)C1CC1. The molecule has 0 atom stereocenters. The Morgan fingerprint density at radius 2 is 1.95 bits per heavy atom. The minimum Gasteiger partial charge on any atom is -0.463 e. The maximum Gasteiger partial charge on any atom is 0.257 e. The van der Waals surface area contributed by atoms with Gasteiger partial charge in [0.2, 0.25) is 5.91 Å². The van der Waals surface area contributed by atoms with Crippen LogP contribution in [0, 0.1) is 5.92 Å². The van der Waals surface area contributed by atoms with E-state index in [1.165, 1.54) is 6.26 Å². The van der Waals surface area contributed by atoms with Crippen LogP contribution in [-0.4, -0.2) is 35.8 Å². The molecular formula is C16H16N2O3. The highest BCUT2D eigenvalue weighted by Gasteiger charge is 2.37. The molecule has 0 spiro atoms. The lowest BCUT2D eigenvalue weighted by atomic mass is 10.1. The molecule has 1 N–H and O–H groups in total. The first-order chi connectivity index (χ1) is 10.2. The van der Waals surface area contributed by atoms with Crippen molar-refractivity contribution >= 4 is 22.8 Å². The maximum absolute atomic E-state index is 12.4. The van der Waals surface area contributed by atoms with E-state index < -0.39 is 0 Å². The van der Waals surface area contributed by atoms with E-state index in [-0.39, 0.29) is 23.8 Å². The molecule has 1 aliphatic carbocycles. The fourth-order valence-electron chi connectivity index (χ4n) is 2.71. The molecule has 2 aromatic rings. The Morgan fingerprint density at radius 1 is 1.19 bits per heavy atom. The topological polar surface area (TPSA) is 62.6 Å². The number of carbonyl (C=O) groups is 2. The number of carbonyl (C=O) groups excluding carboxylic acids is 2. The number of rotatable bonds is 3. The molecule has 2 fully saturated rings. The molecule has 108 valence electrons. The molecule has 2 amide bonds. The van der Waals surface area contributed by atoms with E-state index in [2.05, 4.69) is 5.32 Å². The van der Waals surface area contributed by atoms with E-state index >= 15 is 0 Å². The molecule has 1 saturated heterocycles. The van der Waals surface area contributed by atoms with Crippen molar-refractivity contribution < 1.29 is 14.0 Å². The fourth-order valence-corrected chi connectivity index (χ4v) is 2.71. The van der Waals surface area contributed by atoms with Crippen LogP contribution in [0.3, 0.4) is 0 Å². The number of hydrogen-bond donors (Lipinski definition) is 1. The lowest BCUT2D eigenvalue weighted by molar-refractivity contribution is -0.123. The molecule has 2 aliphatic rings. The average Bonchev–Trinajstić information content (AvgIpc) is 3.21. The van der Waals surface area contributed by atoms with Crippen LogP contribution >= 0.6 is 0 Å². The van der Waals surface area contributed by atoms with E-state index in [1.54, 1.807) is 4.90 Å². The first-order valence-electron chi connectivity index (χ1n) is 7.28. The highest BCUT2D eigenvalue weighted by molar-refractivity contribution is 6.06. The number of likely N-dealkylation sites (tertiary alicyclic amines) is 1. The van der Waals surface area contributed by atoms with Gasteiger partial charge in [-0.1, -0.05) is 18.2 Å². The standard InChI is InChI=1S/C16H16N2O3/c19-15(10-5-6-10)17-11-7-18(8-11)16(20)13-9-21-14-4-2-1-3-12(13)14/h1-4,9-11H,5-8H2,(H,17,19). The smallest absolute Gasteiger partial charge is 0.257 e. The molecule has 1 aromatic carbocycles. The Kier molecular flexibility index (Phi) is 2.74. The van der Waals surface area contributed by atoms with Gasteiger partial charge in [0.05, 0.1) is 11.6 Å². The van der Waals surface area contributed by atoms with Crippen molar-refractivity contribution in [1.82, 2.24) is 10.2 Å². The van der Waals surface area contributed by atoms with Gasteiger partial charge in [-0.15, -0.1) is 0 Å². The van der Waals surface area contributed by atoms with Crippen molar-refractivity contribution in [2.75, 3.05) is 13.1 Å². The van der Waals surface area contributed by atoms with E-state index in [9.17, 15) is 9.59 Å².